The van der Waals surface area contributed by atoms with Gasteiger partial charge in [-0.05, 0) is 29.8 Å². The smallest absolute Gasteiger partial charge is 0.335 e. The Balaban J connectivity index is 2.24. The van der Waals surface area contributed by atoms with Crippen molar-refractivity contribution < 1.29 is 14.6 Å². The molecule has 0 spiro atoms. The van der Waals surface area contributed by atoms with Crippen LogP contribution in [0.5, 0.6) is 5.75 Å². The van der Waals surface area contributed by atoms with Crippen LogP contribution in [0, 0.1) is 0 Å². The van der Waals surface area contributed by atoms with Crippen LogP contribution in [-0.2, 0) is 6.54 Å². The molecule has 0 radical (unpaired) electrons. The Kier molecular flexibility index (Phi) is 4.94. The Morgan fingerprint density at radius 1 is 1.29 bits per heavy atom. The third-order valence-electron chi connectivity index (χ3n) is 2.95. The van der Waals surface area contributed by atoms with Gasteiger partial charge in [0.2, 0.25) is 0 Å². The first-order valence-corrected chi connectivity index (χ1v) is 6.86. The van der Waals surface area contributed by atoms with Gasteiger partial charge < -0.3 is 15.2 Å². The van der Waals surface area contributed by atoms with Crippen LogP contribution in [0.15, 0.2) is 36.4 Å². The first-order valence-electron chi connectivity index (χ1n) is 6.11. The van der Waals surface area contributed by atoms with Gasteiger partial charge in [0.05, 0.1) is 28.4 Å². The van der Waals surface area contributed by atoms with E-state index in [-0.39, 0.29) is 5.56 Å². The lowest BCUT2D eigenvalue weighted by Crippen LogP contribution is -2.04. The fraction of sp³-hybridized carbons (Fsp3) is 0.133. The quantitative estimate of drug-likeness (QED) is 0.859. The van der Waals surface area contributed by atoms with Crippen molar-refractivity contribution in [1.82, 2.24) is 0 Å². The maximum absolute atomic E-state index is 11.0. The molecule has 0 aromatic heterocycles. The third-order valence-corrected chi connectivity index (χ3v) is 3.81. The van der Waals surface area contributed by atoms with E-state index in [2.05, 4.69) is 5.32 Å². The Hall–Kier alpha value is -1.91. The zero-order valence-corrected chi connectivity index (χ0v) is 12.7. The molecular weight excluding hydrogens is 313 g/mol. The lowest BCUT2D eigenvalue weighted by atomic mass is 10.1. The topological polar surface area (TPSA) is 58.6 Å². The van der Waals surface area contributed by atoms with Crippen LogP contribution in [-0.4, -0.2) is 18.2 Å². The molecule has 2 N–H and O–H groups in total. The molecule has 0 atom stereocenters. The van der Waals surface area contributed by atoms with Crippen molar-refractivity contribution in [3.63, 3.8) is 0 Å². The number of carboxylic acids is 1. The van der Waals surface area contributed by atoms with Crippen molar-refractivity contribution in [2.75, 3.05) is 12.4 Å². The SMILES string of the molecule is COc1ccc(C(=O)O)cc1NCc1cccc(Cl)c1Cl. The molecule has 6 heteroatoms. The molecule has 21 heavy (non-hydrogen) atoms. The van der Waals surface area contributed by atoms with E-state index in [9.17, 15) is 4.79 Å². The number of carbonyl (C=O) groups is 1. The van der Waals surface area contributed by atoms with Crippen LogP contribution in [0.3, 0.4) is 0 Å². The van der Waals surface area contributed by atoms with E-state index >= 15 is 0 Å². The molecule has 0 amide bonds. The van der Waals surface area contributed by atoms with Crippen LogP contribution < -0.4 is 10.1 Å². The van der Waals surface area contributed by atoms with E-state index in [0.717, 1.165) is 5.56 Å². The summed E-state index contributed by atoms with van der Waals surface area (Å²) < 4.78 is 5.21. The molecule has 2 aromatic rings. The lowest BCUT2D eigenvalue weighted by molar-refractivity contribution is 0.0697. The third kappa shape index (κ3) is 3.60. The summed E-state index contributed by atoms with van der Waals surface area (Å²) in [6, 6.07) is 9.95. The fourth-order valence-corrected chi connectivity index (χ4v) is 2.24. The van der Waals surface area contributed by atoms with E-state index in [1.807, 2.05) is 6.07 Å². The highest BCUT2D eigenvalue weighted by Gasteiger charge is 2.10. The van der Waals surface area contributed by atoms with Crippen molar-refractivity contribution in [1.29, 1.82) is 0 Å². The molecular formula is C15H13Cl2NO3. The maximum atomic E-state index is 11.0. The van der Waals surface area contributed by atoms with Crippen LogP contribution in [0.25, 0.3) is 0 Å². The van der Waals surface area contributed by atoms with Gasteiger partial charge in [-0.1, -0.05) is 35.3 Å². The second-order valence-electron chi connectivity index (χ2n) is 4.29. The molecule has 2 aromatic carbocycles. The standard InChI is InChI=1S/C15H13Cl2NO3/c1-21-13-6-5-9(15(19)20)7-12(13)18-8-10-3-2-4-11(16)14(10)17/h2-7,18H,8H2,1H3,(H,19,20). The number of methoxy groups -OCH3 is 1. The Morgan fingerprint density at radius 2 is 2.05 bits per heavy atom. The van der Waals surface area contributed by atoms with Crippen LogP contribution >= 0.6 is 23.2 Å². The molecule has 0 saturated heterocycles. The number of carboxylic acid groups (broad SMARTS) is 1. The summed E-state index contributed by atoms with van der Waals surface area (Å²) in [6.07, 6.45) is 0. The zero-order chi connectivity index (χ0) is 15.4. The molecule has 0 saturated carbocycles. The number of benzene rings is 2. The normalized spacial score (nSPS) is 10.2. The molecule has 2 rings (SSSR count). The second kappa shape index (κ2) is 6.70. The number of ether oxygens (including phenoxy) is 1. The minimum Gasteiger partial charge on any atom is -0.495 e. The van der Waals surface area contributed by atoms with Crippen molar-refractivity contribution in [2.24, 2.45) is 0 Å². The summed E-state index contributed by atoms with van der Waals surface area (Å²) in [4.78, 5) is 11.0. The predicted octanol–water partition coefficient (Wildman–Crippen LogP) is 4.31. The Labute approximate surface area is 132 Å². The number of hydrogen-bond donors (Lipinski definition) is 2. The highest BCUT2D eigenvalue weighted by Crippen LogP contribution is 2.29. The van der Waals surface area contributed by atoms with E-state index in [4.69, 9.17) is 33.0 Å². The van der Waals surface area contributed by atoms with Gasteiger partial charge in [0.1, 0.15) is 5.75 Å². The molecule has 110 valence electrons. The summed E-state index contributed by atoms with van der Waals surface area (Å²) in [5.41, 5.74) is 1.57. The van der Waals surface area contributed by atoms with Gasteiger partial charge in [-0.2, -0.15) is 0 Å². The Bertz CT molecular complexity index is 674. The van der Waals surface area contributed by atoms with Gasteiger partial charge >= 0.3 is 5.97 Å². The monoisotopic (exact) mass is 325 g/mol. The zero-order valence-electron chi connectivity index (χ0n) is 11.2. The molecule has 0 aliphatic heterocycles. The summed E-state index contributed by atoms with van der Waals surface area (Å²) in [5, 5.41) is 13.1. The van der Waals surface area contributed by atoms with Gasteiger partial charge in [0.15, 0.2) is 0 Å². The number of hydrogen-bond acceptors (Lipinski definition) is 3. The summed E-state index contributed by atoms with van der Waals surface area (Å²) in [6.45, 7) is 0.402. The molecule has 0 unspecified atom stereocenters. The number of aromatic carboxylic acids is 1. The van der Waals surface area contributed by atoms with Crippen LogP contribution in [0.1, 0.15) is 15.9 Å². The average molecular weight is 326 g/mol. The summed E-state index contributed by atoms with van der Waals surface area (Å²) in [7, 11) is 1.52. The van der Waals surface area contributed by atoms with Crippen molar-refractivity contribution in [3.05, 3.63) is 57.6 Å². The van der Waals surface area contributed by atoms with Crippen molar-refractivity contribution >= 4 is 34.9 Å². The molecule has 0 fully saturated rings. The summed E-state index contributed by atoms with van der Waals surface area (Å²) >= 11 is 12.1. The Morgan fingerprint density at radius 3 is 2.71 bits per heavy atom. The van der Waals surface area contributed by atoms with Gasteiger partial charge in [-0.15, -0.1) is 0 Å². The van der Waals surface area contributed by atoms with Gasteiger partial charge in [0, 0.05) is 6.54 Å². The number of nitrogens with one attached hydrogen (secondary N) is 1. The van der Waals surface area contributed by atoms with Gasteiger partial charge in [-0.25, -0.2) is 4.79 Å². The highest BCUT2D eigenvalue weighted by molar-refractivity contribution is 6.42. The average Bonchev–Trinajstić information content (AvgIpc) is 2.48. The maximum Gasteiger partial charge on any atom is 0.335 e. The summed E-state index contributed by atoms with van der Waals surface area (Å²) in [5.74, 6) is -0.445. The molecule has 0 bridgehead atoms. The van der Waals surface area contributed by atoms with E-state index in [1.54, 1.807) is 18.2 Å². The lowest BCUT2D eigenvalue weighted by Gasteiger charge is -2.13. The van der Waals surface area contributed by atoms with Crippen molar-refractivity contribution in [2.45, 2.75) is 6.54 Å². The molecule has 0 heterocycles. The number of rotatable bonds is 5. The first-order chi connectivity index (χ1) is 10.0. The number of anilines is 1. The van der Waals surface area contributed by atoms with Crippen LogP contribution in [0.2, 0.25) is 10.0 Å². The minimum atomic E-state index is -0.999. The molecule has 0 aliphatic rings. The largest absolute Gasteiger partial charge is 0.495 e. The van der Waals surface area contributed by atoms with Gasteiger partial charge in [0.25, 0.3) is 0 Å². The molecule has 0 aliphatic carbocycles. The van der Waals surface area contributed by atoms with Gasteiger partial charge in [-0.3, -0.25) is 0 Å². The van der Waals surface area contributed by atoms with E-state index < -0.39 is 5.97 Å². The molecule has 4 nitrogen and oxygen atoms in total. The number of halogens is 2. The predicted molar refractivity (Wildman–Crippen MR) is 83.7 cm³/mol. The van der Waals surface area contributed by atoms with E-state index in [1.165, 1.54) is 19.2 Å². The first kappa shape index (κ1) is 15.5. The van der Waals surface area contributed by atoms with Crippen molar-refractivity contribution in [3.8, 4) is 5.75 Å². The fourth-order valence-electron chi connectivity index (χ4n) is 1.85. The van der Waals surface area contributed by atoms with E-state index in [0.29, 0.717) is 28.0 Å². The highest BCUT2D eigenvalue weighted by atomic mass is 35.5. The van der Waals surface area contributed by atoms with Crippen LogP contribution in [0.4, 0.5) is 5.69 Å². The minimum absolute atomic E-state index is 0.176. The second-order valence-corrected chi connectivity index (χ2v) is 5.07.